The molecule has 344 valence electrons. The minimum absolute atomic E-state index is 0. The highest BCUT2D eigenvalue weighted by molar-refractivity contribution is 7.87. The van der Waals surface area contributed by atoms with Gasteiger partial charge in [-0.05, 0) is 73.5 Å². The fraction of sp³-hybridized carbons (Fsp3) is 0.300. The lowest BCUT2D eigenvalue weighted by molar-refractivity contribution is -0.120. The number of carbonyl (C=O) groups excluding carboxylic acids is 2. The number of amides is 2. The molecule has 0 unspecified atom stereocenters. The van der Waals surface area contributed by atoms with E-state index >= 15 is 0 Å². The van der Waals surface area contributed by atoms with E-state index in [9.17, 15) is 35.2 Å². The van der Waals surface area contributed by atoms with Crippen molar-refractivity contribution in [2.75, 3.05) is 24.6 Å². The van der Waals surface area contributed by atoms with Gasteiger partial charge in [0.15, 0.2) is 0 Å². The van der Waals surface area contributed by atoms with E-state index in [1.165, 1.54) is 24.5 Å². The third-order valence-electron chi connectivity index (χ3n) is 9.17. The molecule has 2 fully saturated rings. The van der Waals surface area contributed by atoms with Crippen LogP contribution in [0.1, 0.15) is 66.0 Å². The Bertz CT molecular complexity index is 3100. The molecule has 24 heteroatoms. The van der Waals surface area contributed by atoms with Crippen molar-refractivity contribution in [3.63, 3.8) is 0 Å². The zero-order valence-electron chi connectivity index (χ0n) is 43.1. The third-order valence-corrected chi connectivity index (χ3v) is 14.9. The zero-order valence-corrected chi connectivity index (χ0v) is 35.9. The van der Waals surface area contributed by atoms with Crippen molar-refractivity contribution in [2.45, 2.75) is 51.9 Å². The molecule has 2 aliphatic rings. The Morgan fingerprint density at radius 2 is 1.09 bits per heavy atom. The molecule has 0 radical (unpaired) electrons. The van der Waals surface area contributed by atoms with E-state index in [-0.39, 0.29) is 57.7 Å². The number of hydrogen-bond acceptors (Lipinski definition) is 10. The lowest BCUT2D eigenvalue weighted by Gasteiger charge is -2.35. The van der Waals surface area contributed by atoms with Crippen LogP contribution in [0.3, 0.4) is 0 Å². The number of nitrogens with zero attached hydrogens (tertiary/aromatic N) is 6. The number of likely N-dealkylation sites (N-methyl/N-ethyl adjacent to an activating group) is 2. The van der Waals surface area contributed by atoms with Crippen LogP contribution in [0.2, 0.25) is 10.0 Å². The molecule has 2 aliphatic heterocycles. The molecule has 0 saturated carbocycles. The number of anilines is 2. The van der Waals surface area contributed by atoms with Crippen LogP contribution in [0.5, 0.6) is 0 Å². The molecule has 16 nitrogen and oxygen atoms in total. The summed E-state index contributed by atoms with van der Waals surface area (Å²) in [5.41, 5.74) is 0.797. The van der Waals surface area contributed by atoms with Gasteiger partial charge in [0, 0.05) is 77.9 Å². The standard InChI is InChI=1S/2C19H19ClFN5O3S2.2CH4/c2*1-25-9-15(22-10-25)18-6-5-17(30-18)14-8-16(26(2)31(28,29)24-14)19(27)23-11-3-4-13(21)12(20)7-11;;/h2*3-7,9-10,14,16,24H,8H2,1-2H3,(H,23,27);2*1H4/t2*14-,16+;;/m10../s1/i2*1D3,2D3;;. The van der Waals surface area contributed by atoms with Crippen molar-refractivity contribution < 1.29 is 51.7 Å². The molecule has 4 atom stereocenters. The topological polar surface area (TPSA) is 193 Å². The van der Waals surface area contributed by atoms with E-state index in [4.69, 9.17) is 39.7 Å². The number of aromatic nitrogens is 4. The second-order valence-corrected chi connectivity index (χ2v) is 19.6. The lowest BCUT2D eigenvalue weighted by atomic mass is 10.1. The van der Waals surface area contributed by atoms with Crippen LogP contribution in [0, 0.1) is 11.6 Å². The van der Waals surface area contributed by atoms with Crippen molar-refractivity contribution in [1.82, 2.24) is 37.2 Å². The summed E-state index contributed by atoms with van der Waals surface area (Å²) < 4.78 is 177. The quantitative estimate of drug-likeness (QED) is 0.120. The highest BCUT2D eigenvalue weighted by Gasteiger charge is 2.42. The fourth-order valence-electron chi connectivity index (χ4n) is 6.17. The molecular formula is C40H46Cl2F2N10O6S4. The van der Waals surface area contributed by atoms with Gasteiger partial charge in [-0.25, -0.2) is 18.7 Å². The Morgan fingerprint density at radius 1 is 0.688 bits per heavy atom. The number of benzene rings is 2. The number of carbonyl (C=O) groups is 2. The molecule has 2 amide bonds. The Kier molecular flexibility index (Phi) is 11.3. The van der Waals surface area contributed by atoms with Crippen LogP contribution < -0.4 is 20.1 Å². The van der Waals surface area contributed by atoms with Gasteiger partial charge in [0.1, 0.15) is 23.7 Å². The van der Waals surface area contributed by atoms with Crippen molar-refractivity contribution in [1.29, 1.82) is 0 Å². The summed E-state index contributed by atoms with van der Waals surface area (Å²) in [6.07, 6.45) is 4.47. The van der Waals surface area contributed by atoms with Gasteiger partial charge < -0.3 is 19.8 Å². The number of nitrogens with one attached hydrogen (secondary N) is 4. The highest BCUT2D eigenvalue weighted by atomic mass is 35.5. The number of aryl methyl sites for hydroxylation is 2. The number of halogens is 4. The van der Waals surface area contributed by atoms with E-state index in [0.29, 0.717) is 30.9 Å². The first-order valence-electron chi connectivity index (χ1n) is 23.6. The summed E-state index contributed by atoms with van der Waals surface area (Å²) in [5, 5.41) is 4.24. The van der Waals surface area contributed by atoms with Gasteiger partial charge in [-0.2, -0.15) is 34.9 Å². The number of thiophene rings is 2. The van der Waals surface area contributed by atoms with Crippen LogP contribution in [0.15, 0.2) is 85.7 Å². The molecule has 8 rings (SSSR count). The fourth-order valence-corrected chi connectivity index (χ4v) is 11.2. The van der Waals surface area contributed by atoms with Crippen LogP contribution in [-0.4, -0.2) is 82.4 Å². The van der Waals surface area contributed by atoms with Gasteiger partial charge in [-0.3, -0.25) is 9.59 Å². The predicted octanol–water partition coefficient (Wildman–Crippen LogP) is 7.59. The van der Waals surface area contributed by atoms with Crippen LogP contribution in [0.25, 0.3) is 21.1 Å². The smallest absolute Gasteiger partial charge is 0.280 e. The van der Waals surface area contributed by atoms with Gasteiger partial charge in [0.05, 0.1) is 55.9 Å². The minimum Gasteiger partial charge on any atom is -0.340 e. The van der Waals surface area contributed by atoms with Gasteiger partial charge in [-0.1, -0.05) is 38.1 Å². The van der Waals surface area contributed by atoms with Crippen LogP contribution in [0.4, 0.5) is 20.2 Å². The molecule has 2 aromatic carbocycles. The molecule has 4 aromatic heterocycles. The molecule has 0 bridgehead atoms. The van der Waals surface area contributed by atoms with Gasteiger partial charge in [0.25, 0.3) is 20.4 Å². The first-order valence-corrected chi connectivity index (χ1v) is 22.8. The SMILES string of the molecule is C.C.[2H]C([2H])([2H])N1[C@@H](C(=O)Nc2ccc(F)c(Cl)c2)C[C@@H](c2ccc(-c3cn(C([2H])([2H])[2H])cn3)s2)NS1(=O)=O.[2H]C([2H])([2H])N1[C@H](C(=O)Nc2ccc(F)c(Cl)c2)C[C@H](c2ccc(-c3cn(C([2H])([2H])[2H])cn3)s2)NS1(=O)=O. The average molecular weight is 1010 g/mol. The summed E-state index contributed by atoms with van der Waals surface area (Å²) in [7, 11) is -9.33. The Morgan fingerprint density at radius 3 is 1.44 bits per heavy atom. The minimum atomic E-state index is -4.66. The molecular weight excluding hydrogens is 954 g/mol. The van der Waals surface area contributed by atoms with Gasteiger partial charge in [-0.15, -0.1) is 22.7 Å². The maximum absolute atomic E-state index is 13.5. The third kappa shape index (κ3) is 11.2. The number of rotatable bonds is 8. The monoisotopic (exact) mass is 1010 g/mol. The Labute approximate surface area is 405 Å². The van der Waals surface area contributed by atoms with E-state index in [1.807, 2.05) is 0 Å². The normalized spacial score (nSPS) is 24.1. The molecule has 64 heavy (non-hydrogen) atoms. The number of hydrogen-bond donors (Lipinski definition) is 4. The van der Waals surface area contributed by atoms with Crippen molar-refractivity contribution >= 4 is 89.5 Å². The largest absolute Gasteiger partial charge is 0.340 e. The molecule has 6 aromatic rings. The van der Waals surface area contributed by atoms with Crippen LogP contribution in [-0.2, 0) is 44.0 Å². The summed E-state index contributed by atoms with van der Waals surface area (Å²) >= 11 is 13.7. The highest BCUT2D eigenvalue weighted by Crippen LogP contribution is 2.37. The molecule has 0 spiro atoms. The Balaban J connectivity index is 0.000000274. The Hall–Kier alpha value is -4.62. The summed E-state index contributed by atoms with van der Waals surface area (Å²) in [6, 6.07) is 7.81. The maximum atomic E-state index is 13.5. The number of imidazole rings is 2. The zero-order chi connectivity index (χ0) is 54.7. The second-order valence-electron chi connectivity index (χ2n) is 13.4. The molecule has 0 aliphatic carbocycles. The first-order chi connectivity index (χ1) is 34.1. The van der Waals surface area contributed by atoms with Crippen molar-refractivity contribution in [2.24, 2.45) is 14.0 Å². The first kappa shape index (κ1) is 35.6. The summed E-state index contributed by atoms with van der Waals surface area (Å²) in [5.74, 6) is -3.35. The maximum Gasteiger partial charge on any atom is 0.280 e. The average Bonchev–Trinajstić information content (AvgIpc) is 4.11. The van der Waals surface area contributed by atoms with Gasteiger partial charge in [0.2, 0.25) is 11.8 Å². The van der Waals surface area contributed by atoms with E-state index in [1.54, 1.807) is 24.3 Å². The lowest BCUT2D eigenvalue weighted by Crippen LogP contribution is -2.55. The van der Waals surface area contributed by atoms with E-state index in [0.717, 1.165) is 68.7 Å². The van der Waals surface area contributed by atoms with Crippen LogP contribution >= 0.6 is 45.9 Å². The van der Waals surface area contributed by atoms with E-state index in [2.05, 4.69) is 30.0 Å². The van der Waals surface area contributed by atoms with Crippen molar-refractivity contribution in [3.8, 4) is 21.1 Å². The van der Waals surface area contributed by atoms with E-state index < -0.39 is 95.9 Å². The molecule has 4 N–H and O–H groups in total. The summed E-state index contributed by atoms with van der Waals surface area (Å²) in [4.78, 5) is 36.4. The van der Waals surface area contributed by atoms with Crippen molar-refractivity contribution in [3.05, 3.63) is 117 Å². The predicted molar refractivity (Wildman–Crippen MR) is 249 cm³/mol. The molecule has 2 saturated heterocycles. The molecule has 6 heterocycles. The van der Waals surface area contributed by atoms with Gasteiger partial charge >= 0.3 is 0 Å². The summed E-state index contributed by atoms with van der Waals surface area (Å²) in [6.45, 7) is -11.2. The second kappa shape index (κ2) is 20.3.